The number of amides is 1. The smallest absolute Gasteiger partial charge is 0.414 e. The van der Waals surface area contributed by atoms with Gasteiger partial charge in [0.1, 0.15) is 6.10 Å². The average Bonchev–Trinajstić information content (AvgIpc) is 3.14. The lowest BCUT2D eigenvalue weighted by Crippen LogP contribution is -2.53. The summed E-state index contributed by atoms with van der Waals surface area (Å²) < 4.78 is 5.98. The molecule has 1 aromatic carbocycles. The van der Waals surface area contributed by atoms with E-state index in [1.165, 1.54) is 0 Å². The Bertz CT molecular complexity index is 723. The Labute approximate surface area is 153 Å². The van der Waals surface area contributed by atoms with Gasteiger partial charge in [0.15, 0.2) is 0 Å². The summed E-state index contributed by atoms with van der Waals surface area (Å²) in [6.07, 6.45) is 2.10. The molecule has 1 atom stereocenters. The maximum absolute atomic E-state index is 13.0. The fourth-order valence-corrected chi connectivity index (χ4v) is 4.55. The molecule has 0 saturated carbocycles. The first kappa shape index (κ1) is 16.6. The van der Waals surface area contributed by atoms with Crippen LogP contribution in [0.2, 0.25) is 0 Å². The second-order valence-corrected chi connectivity index (χ2v) is 8.10. The van der Waals surface area contributed by atoms with Crippen molar-refractivity contribution >= 4 is 23.1 Å². The number of benzene rings is 1. The largest absolute Gasteiger partial charge is 0.444 e. The number of thiophene rings is 1. The molecule has 1 aromatic heterocycles. The topological polar surface area (TPSA) is 32.8 Å². The minimum Gasteiger partial charge on any atom is -0.444 e. The molecule has 3 aliphatic rings. The predicted octanol–water partition coefficient (Wildman–Crippen LogP) is 4.29. The van der Waals surface area contributed by atoms with Gasteiger partial charge in [0.2, 0.25) is 0 Å². The van der Waals surface area contributed by atoms with E-state index in [1.807, 2.05) is 42.6 Å². The minimum atomic E-state index is -0.224. The van der Waals surface area contributed by atoms with Gasteiger partial charge >= 0.3 is 6.09 Å². The van der Waals surface area contributed by atoms with Crippen LogP contribution in [0.1, 0.15) is 23.3 Å². The highest BCUT2D eigenvalue weighted by Crippen LogP contribution is 2.31. The van der Waals surface area contributed by atoms with Crippen LogP contribution in [0, 0.1) is 12.8 Å². The van der Waals surface area contributed by atoms with Crippen molar-refractivity contribution in [2.45, 2.75) is 32.4 Å². The quantitative estimate of drug-likeness (QED) is 0.819. The Morgan fingerprint density at radius 3 is 2.76 bits per heavy atom. The first-order valence-electron chi connectivity index (χ1n) is 8.98. The zero-order valence-corrected chi connectivity index (χ0v) is 15.4. The summed E-state index contributed by atoms with van der Waals surface area (Å²) in [5.74, 6) is 0.523. The highest BCUT2D eigenvalue weighted by Gasteiger charge is 2.37. The summed E-state index contributed by atoms with van der Waals surface area (Å²) in [5, 5.41) is 2.04. The molecule has 1 amide bonds. The van der Waals surface area contributed by atoms with E-state index in [9.17, 15) is 4.79 Å². The lowest BCUT2D eigenvalue weighted by Gasteiger charge is -2.44. The number of hydrogen-bond acceptors (Lipinski definition) is 4. The molecule has 0 N–H and O–H groups in total. The number of ether oxygens (including phenoxy) is 1. The highest BCUT2D eigenvalue weighted by atomic mass is 32.1. The lowest BCUT2D eigenvalue weighted by atomic mass is 9.86. The minimum absolute atomic E-state index is 0.0330. The van der Waals surface area contributed by atoms with Crippen LogP contribution in [0.25, 0.3) is 0 Å². The number of carbonyl (C=O) groups is 1. The summed E-state index contributed by atoms with van der Waals surface area (Å²) in [6.45, 7) is 5.79. The number of hydrogen-bond donors (Lipinski definition) is 0. The molecule has 3 saturated heterocycles. The number of piperidine rings is 3. The van der Waals surface area contributed by atoms with E-state index in [2.05, 4.69) is 11.0 Å². The van der Waals surface area contributed by atoms with Gasteiger partial charge in [-0.3, -0.25) is 9.80 Å². The van der Waals surface area contributed by atoms with Crippen LogP contribution >= 0.6 is 11.3 Å². The molecule has 5 heteroatoms. The van der Waals surface area contributed by atoms with Crippen molar-refractivity contribution in [3.63, 3.8) is 0 Å². The van der Waals surface area contributed by atoms with Crippen LogP contribution in [-0.4, -0.2) is 36.7 Å². The number of nitrogens with zero attached hydrogens (tertiary/aromatic N) is 2. The summed E-state index contributed by atoms with van der Waals surface area (Å²) in [6, 6.07) is 12.2. The van der Waals surface area contributed by atoms with Crippen LogP contribution < -0.4 is 4.90 Å². The van der Waals surface area contributed by atoms with Crippen molar-refractivity contribution in [1.82, 2.24) is 4.90 Å². The molecule has 0 aliphatic carbocycles. The molecule has 2 aromatic rings. The van der Waals surface area contributed by atoms with Crippen molar-refractivity contribution in [2.24, 2.45) is 5.92 Å². The number of anilines is 1. The Morgan fingerprint density at radius 2 is 2.12 bits per heavy atom. The molecule has 4 nitrogen and oxygen atoms in total. The SMILES string of the molecule is Cc1cccc(N(Cc2cccs2)C(=O)O[C@H]2CN3CCC2CC3)c1. The molecule has 0 spiro atoms. The van der Waals surface area contributed by atoms with Gasteiger partial charge in [-0.2, -0.15) is 0 Å². The fraction of sp³-hybridized carbons (Fsp3) is 0.450. The van der Waals surface area contributed by atoms with Crippen LogP contribution in [0.5, 0.6) is 0 Å². The highest BCUT2D eigenvalue weighted by molar-refractivity contribution is 7.09. The lowest BCUT2D eigenvalue weighted by molar-refractivity contribution is -0.0311. The fourth-order valence-electron chi connectivity index (χ4n) is 3.85. The van der Waals surface area contributed by atoms with Crippen LogP contribution in [0.4, 0.5) is 10.5 Å². The van der Waals surface area contributed by atoms with E-state index in [0.29, 0.717) is 12.5 Å². The van der Waals surface area contributed by atoms with Crippen LogP contribution in [0.15, 0.2) is 41.8 Å². The molecule has 3 aliphatic heterocycles. The Balaban J connectivity index is 1.53. The molecule has 5 rings (SSSR count). The Morgan fingerprint density at radius 1 is 1.28 bits per heavy atom. The van der Waals surface area contributed by atoms with E-state index in [0.717, 1.165) is 48.6 Å². The second-order valence-electron chi connectivity index (χ2n) is 7.06. The molecular weight excluding hydrogens is 332 g/mol. The van der Waals surface area contributed by atoms with Crippen LogP contribution in [0.3, 0.4) is 0 Å². The van der Waals surface area contributed by atoms with Crippen molar-refractivity contribution in [1.29, 1.82) is 0 Å². The van der Waals surface area contributed by atoms with E-state index in [-0.39, 0.29) is 12.2 Å². The number of rotatable bonds is 4. The third kappa shape index (κ3) is 3.72. The summed E-state index contributed by atoms with van der Waals surface area (Å²) in [4.78, 5) is 18.4. The van der Waals surface area contributed by atoms with Gasteiger partial charge in [-0.15, -0.1) is 11.3 Å². The first-order valence-corrected chi connectivity index (χ1v) is 9.86. The van der Waals surface area contributed by atoms with Gasteiger partial charge in [-0.25, -0.2) is 4.79 Å². The summed E-state index contributed by atoms with van der Waals surface area (Å²) >= 11 is 1.67. The first-order chi connectivity index (χ1) is 12.2. The molecule has 0 unspecified atom stereocenters. The van der Waals surface area contributed by atoms with E-state index >= 15 is 0 Å². The van der Waals surface area contributed by atoms with Gasteiger partial charge in [-0.1, -0.05) is 18.2 Å². The Kier molecular flexibility index (Phi) is 4.77. The normalized spacial score (nSPS) is 24.9. The molecule has 25 heavy (non-hydrogen) atoms. The molecule has 4 heterocycles. The maximum Gasteiger partial charge on any atom is 0.414 e. The molecular formula is C20H24N2O2S. The van der Waals surface area contributed by atoms with Crippen molar-refractivity contribution in [3.05, 3.63) is 52.2 Å². The van der Waals surface area contributed by atoms with E-state index in [4.69, 9.17) is 4.74 Å². The van der Waals surface area contributed by atoms with Gasteiger partial charge in [-0.05, 0) is 67.9 Å². The third-order valence-electron chi connectivity index (χ3n) is 5.28. The number of aryl methyl sites for hydroxylation is 1. The molecule has 132 valence electrons. The zero-order chi connectivity index (χ0) is 17.2. The number of fused-ring (bicyclic) bond motifs is 3. The zero-order valence-electron chi connectivity index (χ0n) is 14.6. The summed E-state index contributed by atoms with van der Waals surface area (Å²) in [7, 11) is 0. The molecule has 0 radical (unpaired) electrons. The van der Waals surface area contributed by atoms with Gasteiger partial charge < -0.3 is 4.74 Å². The van der Waals surface area contributed by atoms with Crippen LogP contribution in [-0.2, 0) is 11.3 Å². The molecule has 3 fully saturated rings. The van der Waals surface area contributed by atoms with Gasteiger partial charge in [0.25, 0.3) is 0 Å². The standard InChI is InChI=1S/C20H24N2O2S/c1-15-4-2-5-17(12-15)22(13-18-6-3-11-25-18)20(23)24-19-14-21-9-7-16(19)8-10-21/h2-6,11-12,16,19H,7-10,13-14H2,1H3/t19-/m0/s1. The van der Waals surface area contributed by atoms with Gasteiger partial charge in [0, 0.05) is 17.1 Å². The molecule has 2 bridgehead atoms. The van der Waals surface area contributed by atoms with E-state index < -0.39 is 0 Å². The van der Waals surface area contributed by atoms with Crippen molar-refractivity contribution < 1.29 is 9.53 Å². The second kappa shape index (κ2) is 7.18. The monoisotopic (exact) mass is 356 g/mol. The number of carbonyl (C=O) groups excluding carboxylic acids is 1. The summed E-state index contributed by atoms with van der Waals surface area (Å²) in [5.41, 5.74) is 2.05. The maximum atomic E-state index is 13.0. The predicted molar refractivity (Wildman–Crippen MR) is 101 cm³/mol. The van der Waals surface area contributed by atoms with E-state index in [1.54, 1.807) is 16.2 Å². The third-order valence-corrected chi connectivity index (χ3v) is 6.14. The Hall–Kier alpha value is -1.85. The van der Waals surface area contributed by atoms with Crippen molar-refractivity contribution in [2.75, 3.05) is 24.5 Å². The van der Waals surface area contributed by atoms with Crippen molar-refractivity contribution in [3.8, 4) is 0 Å². The van der Waals surface area contributed by atoms with Gasteiger partial charge in [0.05, 0.1) is 6.54 Å². The average molecular weight is 356 g/mol.